The lowest BCUT2D eigenvalue weighted by Crippen LogP contribution is -2.03. The van der Waals surface area contributed by atoms with Crippen LogP contribution in [0.4, 0.5) is 18.9 Å². The monoisotopic (exact) mass is 294 g/mol. The van der Waals surface area contributed by atoms with Gasteiger partial charge >= 0.3 is 5.76 Å². The molecule has 0 unspecified atom stereocenters. The summed E-state index contributed by atoms with van der Waals surface area (Å²) in [5, 5.41) is 2.86. The van der Waals surface area contributed by atoms with Crippen LogP contribution in [0.1, 0.15) is 5.56 Å². The minimum Gasteiger partial charge on any atom is -0.408 e. The Morgan fingerprint density at radius 1 is 1.05 bits per heavy atom. The summed E-state index contributed by atoms with van der Waals surface area (Å²) < 4.78 is 44.2. The Kier molecular flexibility index (Phi) is 3.17. The Balaban J connectivity index is 1.82. The number of hydrogen-bond donors (Lipinski definition) is 2. The van der Waals surface area contributed by atoms with Gasteiger partial charge in [-0.1, -0.05) is 0 Å². The van der Waals surface area contributed by atoms with Crippen molar-refractivity contribution in [3.05, 3.63) is 63.9 Å². The first kappa shape index (κ1) is 13.3. The molecule has 4 nitrogen and oxygen atoms in total. The van der Waals surface area contributed by atoms with Gasteiger partial charge in [-0.3, -0.25) is 4.98 Å². The summed E-state index contributed by atoms with van der Waals surface area (Å²) in [6.07, 6.45) is 0. The number of rotatable bonds is 3. The van der Waals surface area contributed by atoms with Gasteiger partial charge in [0, 0.05) is 23.9 Å². The summed E-state index contributed by atoms with van der Waals surface area (Å²) in [5.41, 5.74) is 1.44. The van der Waals surface area contributed by atoms with Gasteiger partial charge in [0.25, 0.3) is 0 Å². The molecule has 3 rings (SSSR count). The number of aromatic amines is 1. The molecule has 0 saturated heterocycles. The summed E-state index contributed by atoms with van der Waals surface area (Å²) in [6.45, 7) is -0.0311. The fourth-order valence-electron chi connectivity index (χ4n) is 1.96. The first-order valence-corrected chi connectivity index (χ1v) is 6.03. The lowest BCUT2D eigenvalue weighted by atomic mass is 10.2. The third-order valence-corrected chi connectivity index (χ3v) is 2.99. The Morgan fingerprint density at radius 3 is 2.62 bits per heavy atom. The third kappa shape index (κ3) is 2.62. The zero-order valence-corrected chi connectivity index (χ0v) is 10.5. The molecule has 0 aliphatic heterocycles. The summed E-state index contributed by atoms with van der Waals surface area (Å²) in [7, 11) is 0. The Morgan fingerprint density at radius 2 is 1.81 bits per heavy atom. The Labute approximate surface area is 116 Å². The summed E-state index contributed by atoms with van der Waals surface area (Å²) in [6, 6.07) is 6.09. The third-order valence-electron chi connectivity index (χ3n) is 2.99. The van der Waals surface area contributed by atoms with Gasteiger partial charge in [0.15, 0.2) is 17.2 Å². The number of anilines is 1. The number of oxazole rings is 1. The second-order valence-corrected chi connectivity index (χ2v) is 4.44. The van der Waals surface area contributed by atoms with Crippen LogP contribution in [0.2, 0.25) is 0 Å². The molecule has 0 spiro atoms. The van der Waals surface area contributed by atoms with E-state index < -0.39 is 23.2 Å². The molecule has 0 fully saturated rings. The van der Waals surface area contributed by atoms with Gasteiger partial charge in [-0.2, -0.15) is 0 Å². The Bertz CT molecular complexity index is 870. The standard InChI is InChI=1S/C14H9F3N2O2/c15-9-5-11(17)10(16)3-7(9)6-18-8-1-2-13-12(4-8)19-14(20)21-13/h1-5,18H,6H2,(H,19,20). The van der Waals surface area contributed by atoms with Crippen LogP contribution in [0.15, 0.2) is 39.5 Å². The van der Waals surface area contributed by atoms with Crippen molar-refractivity contribution in [2.24, 2.45) is 0 Å². The highest BCUT2D eigenvalue weighted by Gasteiger charge is 2.10. The van der Waals surface area contributed by atoms with E-state index in [-0.39, 0.29) is 12.1 Å². The predicted molar refractivity (Wildman–Crippen MR) is 70.5 cm³/mol. The van der Waals surface area contributed by atoms with Crippen LogP contribution in [-0.4, -0.2) is 4.98 Å². The van der Waals surface area contributed by atoms with Gasteiger partial charge in [0.2, 0.25) is 0 Å². The molecule has 0 saturated carbocycles. The number of H-pyrrole nitrogens is 1. The maximum atomic E-state index is 13.5. The first-order valence-electron chi connectivity index (χ1n) is 6.03. The largest absolute Gasteiger partial charge is 0.417 e. The lowest BCUT2D eigenvalue weighted by molar-refractivity contribution is 0.490. The second-order valence-electron chi connectivity index (χ2n) is 4.44. The van der Waals surface area contributed by atoms with Crippen LogP contribution < -0.4 is 11.1 Å². The maximum absolute atomic E-state index is 13.5. The molecule has 1 heterocycles. The predicted octanol–water partition coefficient (Wildman–Crippen LogP) is 3.15. The van der Waals surface area contributed by atoms with Crippen molar-refractivity contribution in [1.29, 1.82) is 0 Å². The van der Waals surface area contributed by atoms with Crippen molar-refractivity contribution in [1.82, 2.24) is 4.98 Å². The van der Waals surface area contributed by atoms with Gasteiger partial charge in [-0.15, -0.1) is 0 Å². The van der Waals surface area contributed by atoms with Crippen molar-refractivity contribution in [2.45, 2.75) is 6.54 Å². The fourth-order valence-corrected chi connectivity index (χ4v) is 1.96. The van der Waals surface area contributed by atoms with E-state index in [2.05, 4.69) is 10.3 Å². The van der Waals surface area contributed by atoms with E-state index >= 15 is 0 Å². The second kappa shape index (κ2) is 5.01. The molecule has 2 N–H and O–H groups in total. The molecule has 1 aromatic heterocycles. The van der Waals surface area contributed by atoms with Gasteiger partial charge < -0.3 is 9.73 Å². The molecule has 0 atom stereocenters. The molecular weight excluding hydrogens is 285 g/mol. The topological polar surface area (TPSA) is 58.0 Å². The molecule has 21 heavy (non-hydrogen) atoms. The molecule has 0 aliphatic carbocycles. The van der Waals surface area contributed by atoms with E-state index in [9.17, 15) is 18.0 Å². The summed E-state index contributed by atoms with van der Waals surface area (Å²) in [5.74, 6) is -3.75. The average Bonchev–Trinajstić information content (AvgIpc) is 2.80. The Hall–Kier alpha value is -2.70. The van der Waals surface area contributed by atoms with Crippen LogP contribution in [-0.2, 0) is 6.54 Å². The zero-order valence-electron chi connectivity index (χ0n) is 10.5. The normalized spacial score (nSPS) is 11.0. The maximum Gasteiger partial charge on any atom is 0.417 e. The quantitative estimate of drug-likeness (QED) is 0.730. The van der Waals surface area contributed by atoms with Gasteiger partial charge in [-0.25, -0.2) is 18.0 Å². The van der Waals surface area contributed by atoms with Crippen molar-refractivity contribution >= 4 is 16.8 Å². The van der Waals surface area contributed by atoms with Gasteiger partial charge in [0.1, 0.15) is 5.82 Å². The SMILES string of the molecule is O=c1[nH]c2cc(NCc3cc(F)c(F)cc3F)ccc2o1. The van der Waals surface area contributed by atoms with E-state index in [0.717, 1.165) is 6.07 Å². The van der Waals surface area contributed by atoms with Crippen LogP contribution in [0.3, 0.4) is 0 Å². The number of fused-ring (bicyclic) bond motifs is 1. The number of aromatic nitrogens is 1. The molecule has 0 amide bonds. The van der Waals surface area contributed by atoms with Crippen molar-refractivity contribution < 1.29 is 17.6 Å². The van der Waals surface area contributed by atoms with E-state index in [1.807, 2.05) is 0 Å². The van der Waals surface area contributed by atoms with E-state index in [1.54, 1.807) is 18.2 Å². The van der Waals surface area contributed by atoms with Crippen LogP contribution in [0.25, 0.3) is 11.1 Å². The van der Waals surface area contributed by atoms with Crippen molar-refractivity contribution in [2.75, 3.05) is 5.32 Å². The number of halogens is 3. The van der Waals surface area contributed by atoms with Crippen molar-refractivity contribution in [3.63, 3.8) is 0 Å². The summed E-state index contributed by atoms with van der Waals surface area (Å²) in [4.78, 5) is 13.5. The van der Waals surface area contributed by atoms with E-state index in [0.29, 0.717) is 22.9 Å². The highest BCUT2D eigenvalue weighted by Crippen LogP contribution is 2.19. The average molecular weight is 294 g/mol. The fraction of sp³-hybridized carbons (Fsp3) is 0.0714. The number of hydrogen-bond acceptors (Lipinski definition) is 3. The minimum absolute atomic E-state index is 0.00492. The number of nitrogens with one attached hydrogen (secondary N) is 2. The van der Waals surface area contributed by atoms with E-state index in [4.69, 9.17) is 4.42 Å². The zero-order chi connectivity index (χ0) is 15.0. The molecule has 7 heteroatoms. The molecule has 0 aliphatic rings. The van der Waals surface area contributed by atoms with Crippen molar-refractivity contribution in [3.8, 4) is 0 Å². The molecule has 0 radical (unpaired) electrons. The van der Waals surface area contributed by atoms with Crippen LogP contribution in [0, 0.1) is 17.5 Å². The molecule has 3 aromatic rings. The molecule has 108 valence electrons. The summed E-state index contributed by atoms with van der Waals surface area (Å²) >= 11 is 0. The number of benzene rings is 2. The highest BCUT2D eigenvalue weighted by molar-refractivity contribution is 5.76. The smallest absolute Gasteiger partial charge is 0.408 e. The molecule has 2 aromatic carbocycles. The van der Waals surface area contributed by atoms with Gasteiger partial charge in [0.05, 0.1) is 5.52 Å². The molecular formula is C14H9F3N2O2. The minimum atomic E-state index is -1.23. The lowest BCUT2D eigenvalue weighted by Gasteiger charge is -2.08. The van der Waals surface area contributed by atoms with E-state index in [1.165, 1.54) is 0 Å². The first-order chi connectivity index (χ1) is 10.0. The highest BCUT2D eigenvalue weighted by atomic mass is 19.2. The van der Waals surface area contributed by atoms with Crippen LogP contribution >= 0.6 is 0 Å². The molecule has 0 bridgehead atoms. The van der Waals surface area contributed by atoms with Crippen LogP contribution in [0.5, 0.6) is 0 Å². The van der Waals surface area contributed by atoms with Gasteiger partial charge in [-0.05, 0) is 24.3 Å².